The SMILES string of the molecule is COc1ccc(CNC(=O)C(Cc2ccccc2)N(Cc2ccc(Cl)cc2)C(=O)C(C)C)cc1. The zero-order valence-corrected chi connectivity index (χ0v) is 20.6. The smallest absolute Gasteiger partial charge is 0.243 e. The van der Waals surface area contributed by atoms with E-state index in [1.54, 1.807) is 24.1 Å². The Morgan fingerprint density at radius 3 is 2.09 bits per heavy atom. The standard InChI is InChI=1S/C28H31ClN2O3/c1-20(2)28(33)31(19-23-9-13-24(29)14-10-23)26(17-21-7-5-4-6-8-21)27(32)30-18-22-11-15-25(34-3)16-12-22/h4-16,20,26H,17-19H2,1-3H3,(H,30,32). The number of carbonyl (C=O) groups is 2. The highest BCUT2D eigenvalue weighted by molar-refractivity contribution is 6.30. The molecule has 1 N–H and O–H groups in total. The molecule has 6 heteroatoms. The van der Waals surface area contributed by atoms with Crippen molar-refractivity contribution in [2.24, 2.45) is 5.92 Å². The van der Waals surface area contributed by atoms with Gasteiger partial charge in [0.2, 0.25) is 11.8 Å². The number of rotatable bonds is 10. The minimum atomic E-state index is -0.661. The Hall–Kier alpha value is -3.31. The highest BCUT2D eigenvalue weighted by atomic mass is 35.5. The van der Waals surface area contributed by atoms with E-state index in [-0.39, 0.29) is 17.7 Å². The first kappa shape index (κ1) is 25.3. The maximum absolute atomic E-state index is 13.5. The minimum absolute atomic E-state index is 0.0736. The lowest BCUT2D eigenvalue weighted by Gasteiger charge is -2.33. The fourth-order valence-electron chi connectivity index (χ4n) is 3.69. The summed E-state index contributed by atoms with van der Waals surface area (Å²) in [6.45, 7) is 4.39. The molecule has 5 nitrogen and oxygen atoms in total. The van der Waals surface area contributed by atoms with Gasteiger partial charge in [-0.2, -0.15) is 0 Å². The molecule has 178 valence electrons. The normalized spacial score (nSPS) is 11.7. The number of nitrogens with one attached hydrogen (secondary N) is 1. The molecule has 0 spiro atoms. The number of nitrogens with zero attached hydrogens (tertiary/aromatic N) is 1. The summed E-state index contributed by atoms with van der Waals surface area (Å²) >= 11 is 6.05. The lowest BCUT2D eigenvalue weighted by atomic mass is 10.0. The van der Waals surface area contributed by atoms with E-state index in [1.165, 1.54) is 0 Å². The Balaban J connectivity index is 1.86. The van der Waals surface area contributed by atoms with Gasteiger partial charge in [-0.05, 0) is 41.0 Å². The van der Waals surface area contributed by atoms with E-state index in [1.807, 2.05) is 80.6 Å². The van der Waals surface area contributed by atoms with E-state index in [4.69, 9.17) is 16.3 Å². The van der Waals surface area contributed by atoms with Crippen LogP contribution in [0, 0.1) is 5.92 Å². The number of methoxy groups -OCH3 is 1. The van der Waals surface area contributed by atoms with Gasteiger partial charge in [0.25, 0.3) is 0 Å². The molecule has 3 aromatic rings. The molecule has 2 amide bonds. The molecule has 34 heavy (non-hydrogen) atoms. The van der Waals surface area contributed by atoms with Crippen molar-refractivity contribution in [3.8, 4) is 5.75 Å². The highest BCUT2D eigenvalue weighted by Crippen LogP contribution is 2.19. The molecular weight excluding hydrogens is 448 g/mol. The third-order valence-corrected chi connectivity index (χ3v) is 5.87. The second-order valence-electron chi connectivity index (χ2n) is 8.52. The topological polar surface area (TPSA) is 58.6 Å². The van der Waals surface area contributed by atoms with Crippen molar-refractivity contribution >= 4 is 23.4 Å². The molecular formula is C28H31ClN2O3. The summed E-state index contributed by atoms with van der Waals surface area (Å²) in [6, 6.07) is 24.0. The first-order valence-electron chi connectivity index (χ1n) is 11.4. The van der Waals surface area contributed by atoms with Crippen molar-refractivity contribution in [3.63, 3.8) is 0 Å². The number of carbonyl (C=O) groups excluding carboxylic acids is 2. The van der Waals surface area contributed by atoms with E-state index in [2.05, 4.69) is 5.32 Å². The Morgan fingerprint density at radius 1 is 0.882 bits per heavy atom. The molecule has 0 heterocycles. The van der Waals surface area contributed by atoms with Gasteiger partial charge in [-0.3, -0.25) is 9.59 Å². The molecule has 3 aromatic carbocycles. The summed E-state index contributed by atoms with van der Waals surface area (Å²) in [5, 5.41) is 3.66. The van der Waals surface area contributed by atoms with Gasteiger partial charge in [-0.1, -0.05) is 80.0 Å². The van der Waals surface area contributed by atoms with Gasteiger partial charge in [0.05, 0.1) is 7.11 Å². The zero-order chi connectivity index (χ0) is 24.5. The molecule has 0 aromatic heterocycles. The average Bonchev–Trinajstić information content (AvgIpc) is 2.86. The van der Waals surface area contributed by atoms with Gasteiger partial charge in [0.1, 0.15) is 11.8 Å². The van der Waals surface area contributed by atoms with Gasteiger partial charge < -0.3 is 15.0 Å². The fourth-order valence-corrected chi connectivity index (χ4v) is 3.82. The molecule has 0 radical (unpaired) electrons. The van der Waals surface area contributed by atoms with Crippen molar-refractivity contribution in [2.75, 3.05) is 7.11 Å². The Bertz CT molecular complexity index is 1070. The number of halogens is 1. The number of hydrogen-bond acceptors (Lipinski definition) is 3. The molecule has 1 atom stereocenters. The minimum Gasteiger partial charge on any atom is -0.497 e. The lowest BCUT2D eigenvalue weighted by Crippen LogP contribution is -2.51. The molecule has 0 saturated carbocycles. The highest BCUT2D eigenvalue weighted by Gasteiger charge is 2.31. The van der Waals surface area contributed by atoms with Crippen LogP contribution >= 0.6 is 11.6 Å². The van der Waals surface area contributed by atoms with E-state index < -0.39 is 6.04 Å². The van der Waals surface area contributed by atoms with E-state index in [9.17, 15) is 9.59 Å². The van der Waals surface area contributed by atoms with Gasteiger partial charge in [0.15, 0.2) is 0 Å². The van der Waals surface area contributed by atoms with Gasteiger partial charge >= 0.3 is 0 Å². The van der Waals surface area contributed by atoms with Crippen LogP contribution in [-0.4, -0.2) is 29.9 Å². The molecule has 0 aliphatic heterocycles. The number of ether oxygens (including phenoxy) is 1. The second kappa shape index (κ2) is 12.2. The van der Waals surface area contributed by atoms with Crippen LogP contribution in [0.4, 0.5) is 0 Å². The van der Waals surface area contributed by atoms with Crippen molar-refractivity contribution in [1.29, 1.82) is 0 Å². The maximum Gasteiger partial charge on any atom is 0.243 e. The Labute approximate surface area is 206 Å². The van der Waals surface area contributed by atoms with Crippen LogP contribution in [0.2, 0.25) is 5.02 Å². The van der Waals surface area contributed by atoms with Crippen LogP contribution in [-0.2, 0) is 29.1 Å². The van der Waals surface area contributed by atoms with E-state index in [0.717, 1.165) is 22.4 Å². The largest absolute Gasteiger partial charge is 0.497 e. The summed E-state index contributed by atoms with van der Waals surface area (Å²) < 4.78 is 5.20. The second-order valence-corrected chi connectivity index (χ2v) is 8.96. The van der Waals surface area contributed by atoms with Gasteiger partial charge in [-0.25, -0.2) is 0 Å². The van der Waals surface area contributed by atoms with Crippen molar-refractivity contribution in [3.05, 3.63) is 101 Å². The van der Waals surface area contributed by atoms with Gasteiger partial charge in [-0.15, -0.1) is 0 Å². The Kier molecular flexibility index (Phi) is 9.11. The van der Waals surface area contributed by atoms with Crippen molar-refractivity contribution in [1.82, 2.24) is 10.2 Å². The predicted molar refractivity (Wildman–Crippen MR) is 136 cm³/mol. The first-order chi connectivity index (χ1) is 16.4. The molecule has 0 aliphatic carbocycles. The summed E-state index contributed by atoms with van der Waals surface area (Å²) in [4.78, 5) is 28.5. The molecule has 0 fully saturated rings. The summed E-state index contributed by atoms with van der Waals surface area (Å²) in [5.41, 5.74) is 2.86. The van der Waals surface area contributed by atoms with Crippen LogP contribution < -0.4 is 10.1 Å². The third-order valence-electron chi connectivity index (χ3n) is 5.62. The van der Waals surface area contributed by atoms with Crippen LogP contribution in [0.25, 0.3) is 0 Å². The first-order valence-corrected chi connectivity index (χ1v) is 11.7. The fraction of sp³-hybridized carbons (Fsp3) is 0.286. The average molecular weight is 479 g/mol. The van der Waals surface area contributed by atoms with E-state index >= 15 is 0 Å². The molecule has 0 aliphatic rings. The third kappa shape index (κ3) is 7.09. The molecule has 3 rings (SSSR count). The lowest BCUT2D eigenvalue weighted by molar-refractivity contribution is -0.143. The summed E-state index contributed by atoms with van der Waals surface area (Å²) in [6.07, 6.45) is 0.418. The zero-order valence-electron chi connectivity index (χ0n) is 19.8. The number of hydrogen-bond donors (Lipinski definition) is 1. The van der Waals surface area contributed by atoms with Crippen molar-refractivity contribution < 1.29 is 14.3 Å². The van der Waals surface area contributed by atoms with E-state index in [0.29, 0.717) is 24.5 Å². The van der Waals surface area contributed by atoms with Gasteiger partial charge in [0, 0.05) is 30.5 Å². The summed E-state index contributed by atoms with van der Waals surface area (Å²) in [5.74, 6) is 0.242. The van der Waals surface area contributed by atoms with Crippen LogP contribution in [0.15, 0.2) is 78.9 Å². The van der Waals surface area contributed by atoms with Crippen molar-refractivity contribution in [2.45, 2.75) is 39.4 Å². The molecule has 0 saturated heterocycles. The molecule has 0 bridgehead atoms. The molecule has 1 unspecified atom stereocenters. The van der Waals surface area contributed by atoms with Crippen LogP contribution in [0.5, 0.6) is 5.75 Å². The maximum atomic E-state index is 13.5. The monoisotopic (exact) mass is 478 g/mol. The summed E-state index contributed by atoms with van der Waals surface area (Å²) in [7, 11) is 1.62. The number of benzene rings is 3. The van der Waals surface area contributed by atoms with Crippen LogP contribution in [0.3, 0.4) is 0 Å². The predicted octanol–water partition coefficient (Wildman–Crippen LogP) is 5.26. The Morgan fingerprint density at radius 2 is 1.50 bits per heavy atom. The quantitative estimate of drug-likeness (QED) is 0.432. The van der Waals surface area contributed by atoms with Crippen LogP contribution in [0.1, 0.15) is 30.5 Å². The number of amides is 2.